The fourth-order valence-electron chi connectivity index (χ4n) is 3.21. The van der Waals surface area contributed by atoms with Crippen molar-refractivity contribution in [2.75, 3.05) is 11.1 Å². The van der Waals surface area contributed by atoms with E-state index >= 15 is 0 Å². The highest BCUT2D eigenvalue weighted by Gasteiger charge is 2.15. The minimum Gasteiger partial charge on any atom is -0.486 e. The smallest absolute Gasteiger partial charge is 0.234 e. The summed E-state index contributed by atoms with van der Waals surface area (Å²) in [6.45, 7) is 12.8. The van der Waals surface area contributed by atoms with E-state index in [4.69, 9.17) is 4.74 Å². The van der Waals surface area contributed by atoms with Gasteiger partial charge in [-0.15, -0.1) is 16.8 Å². The van der Waals surface area contributed by atoms with E-state index in [1.807, 2.05) is 62.6 Å². The highest BCUT2D eigenvalue weighted by Crippen LogP contribution is 2.22. The first-order valence-electron chi connectivity index (χ1n) is 10.1. The molecule has 2 aromatic carbocycles. The lowest BCUT2D eigenvalue weighted by atomic mass is 10.1. The molecule has 6 nitrogen and oxygen atoms in total. The molecule has 0 spiro atoms. The van der Waals surface area contributed by atoms with Crippen molar-refractivity contribution in [2.45, 2.75) is 46.0 Å². The van der Waals surface area contributed by atoms with Crippen LogP contribution in [0.2, 0.25) is 0 Å². The van der Waals surface area contributed by atoms with Gasteiger partial charge >= 0.3 is 0 Å². The summed E-state index contributed by atoms with van der Waals surface area (Å²) in [5.74, 6) is 1.64. The number of hydrogen-bond donors (Lipinski definition) is 1. The van der Waals surface area contributed by atoms with Crippen LogP contribution >= 0.6 is 11.8 Å². The van der Waals surface area contributed by atoms with E-state index < -0.39 is 0 Å². The van der Waals surface area contributed by atoms with Crippen molar-refractivity contribution in [2.24, 2.45) is 0 Å². The number of thioether (sulfide) groups is 1. The molecule has 1 heterocycles. The van der Waals surface area contributed by atoms with E-state index in [1.54, 1.807) is 6.08 Å². The number of ether oxygens (including phenoxy) is 1. The summed E-state index contributed by atoms with van der Waals surface area (Å²) in [4.78, 5) is 12.5. The molecule has 162 valence electrons. The van der Waals surface area contributed by atoms with Gasteiger partial charge in [0.15, 0.2) is 11.0 Å². The minimum absolute atomic E-state index is 0.0834. The number of carbonyl (C=O) groups is 1. The lowest BCUT2D eigenvalue weighted by Crippen LogP contribution is -2.16. The van der Waals surface area contributed by atoms with Crippen LogP contribution in [0, 0.1) is 27.7 Å². The Hall–Kier alpha value is -3.06. The Morgan fingerprint density at radius 1 is 1.16 bits per heavy atom. The van der Waals surface area contributed by atoms with Crippen LogP contribution in [-0.4, -0.2) is 26.4 Å². The van der Waals surface area contributed by atoms with Gasteiger partial charge in [0.25, 0.3) is 0 Å². The molecule has 0 atom stereocenters. The summed E-state index contributed by atoms with van der Waals surface area (Å²) in [5.41, 5.74) is 5.34. The molecule has 0 fully saturated rings. The Kier molecular flexibility index (Phi) is 7.52. The molecule has 0 saturated carbocycles. The third-order valence-electron chi connectivity index (χ3n) is 4.88. The zero-order valence-electron chi connectivity index (χ0n) is 18.4. The fraction of sp³-hybridized carbons (Fsp3) is 0.292. The SMILES string of the molecule is C=CCn1c(COc2cc(C)cc(C)c2)nnc1SCC(=O)Nc1cccc(C)c1C. The third kappa shape index (κ3) is 5.98. The average Bonchev–Trinajstić information content (AvgIpc) is 3.09. The van der Waals surface area contributed by atoms with Crippen LogP contribution in [0.3, 0.4) is 0 Å². The number of aromatic nitrogens is 3. The standard InChI is InChI=1S/C24H28N4O2S/c1-6-10-28-22(14-30-20-12-16(2)11-17(3)13-20)26-27-24(28)31-15-23(29)25-21-9-7-8-18(4)19(21)5/h6-9,11-13H,1,10,14-15H2,2-5H3,(H,25,29). The van der Waals surface area contributed by atoms with Crippen molar-refractivity contribution in [3.05, 3.63) is 77.1 Å². The maximum atomic E-state index is 12.5. The first-order valence-corrected chi connectivity index (χ1v) is 11.1. The number of nitrogens with one attached hydrogen (secondary N) is 1. The molecule has 1 N–H and O–H groups in total. The van der Waals surface area contributed by atoms with Crippen molar-refractivity contribution in [1.82, 2.24) is 14.8 Å². The Labute approximate surface area is 187 Å². The van der Waals surface area contributed by atoms with Gasteiger partial charge in [0, 0.05) is 12.2 Å². The van der Waals surface area contributed by atoms with Crippen molar-refractivity contribution in [3.63, 3.8) is 0 Å². The van der Waals surface area contributed by atoms with Crippen LogP contribution in [-0.2, 0) is 17.9 Å². The predicted molar refractivity (Wildman–Crippen MR) is 126 cm³/mol. The monoisotopic (exact) mass is 436 g/mol. The van der Waals surface area contributed by atoms with E-state index in [0.717, 1.165) is 33.7 Å². The number of aryl methyl sites for hydroxylation is 3. The van der Waals surface area contributed by atoms with E-state index in [0.29, 0.717) is 24.1 Å². The molecule has 1 aromatic heterocycles. The number of nitrogens with zero attached hydrogens (tertiary/aromatic N) is 3. The van der Waals surface area contributed by atoms with Gasteiger partial charge in [-0.2, -0.15) is 0 Å². The summed E-state index contributed by atoms with van der Waals surface area (Å²) in [5, 5.41) is 12.2. The Morgan fingerprint density at radius 2 is 1.90 bits per heavy atom. The van der Waals surface area contributed by atoms with Crippen LogP contribution in [0.25, 0.3) is 0 Å². The van der Waals surface area contributed by atoms with Crippen molar-refractivity contribution >= 4 is 23.4 Å². The van der Waals surface area contributed by atoms with Crippen LogP contribution in [0.4, 0.5) is 5.69 Å². The summed E-state index contributed by atoms with van der Waals surface area (Å²) in [6, 6.07) is 12.0. The molecule has 0 aliphatic rings. The van der Waals surface area contributed by atoms with Gasteiger partial charge < -0.3 is 10.1 Å². The number of allylic oxidation sites excluding steroid dienone is 1. The fourth-order valence-corrected chi connectivity index (χ4v) is 3.98. The zero-order chi connectivity index (χ0) is 22.4. The van der Waals surface area contributed by atoms with Crippen LogP contribution in [0.5, 0.6) is 5.75 Å². The second-order valence-corrected chi connectivity index (χ2v) is 8.44. The quantitative estimate of drug-likeness (QED) is 0.377. The molecule has 0 aliphatic heterocycles. The molecular weight excluding hydrogens is 408 g/mol. The topological polar surface area (TPSA) is 69.0 Å². The van der Waals surface area contributed by atoms with Crippen molar-refractivity contribution in [1.29, 1.82) is 0 Å². The Morgan fingerprint density at radius 3 is 2.61 bits per heavy atom. The molecule has 7 heteroatoms. The molecule has 31 heavy (non-hydrogen) atoms. The van der Waals surface area contributed by atoms with Crippen LogP contribution < -0.4 is 10.1 Å². The molecule has 3 aromatic rings. The van der Waals surface area contributed by atoms with Crippen LogP contribution in [0.1, 0.15) is 28.1 Å². The predicted octanol–water partition coefficient (Wildman–Crippen LogP) is 5.01. The lowest BCUT2D eigenvalue weighted by Gasteiger charge is -2.11. The zero-order valence-corrected chi connectivity index (χ0v) is 19.3. The lowest BCUT2D eigenvalue weighted by molar-refractivity contribution is -0.113. The van der Waals surface area contributed by atoms with E-state index in [2.05, 4.69) is 28.2 Å². The summed E-state index contributed by atoms with van der Waals surface area (Å²) in [7, 11) is 0. The molecule has 1 amide bonds. The number of hydrogen-bond acceptors (Lipinski definition) is 5. The number of anilines is 1. The van der Waals surface area contributed by atoms with Gasteiger partial charge in [0.1, 0.15) is 12.4 Å². The first-order chi connectivity index (χ1) is 14.9. The molecule has 0 radical (unpaired) electrons. The Balaban J connectivity index is 1.64. The normalized spacial score (nSPS) is 10.7. The van der Waals surface area contributed by atoms with E-state index in [1.165, 1.54) is 11.8 Å². The van der Waals surface area contributed by atoms with Gasteiger partial charge in [0.05, 0.1) is 5.75 Å². The number of rotatable bonds is 9. The second-order valence-electron chi connectivity index (χ2n) is 7.49. The van der Waals surface area contributed by atoms with Gasteiger partial charge in [-0.1, -0.05) is 36.0 Å². The van der Waals surface area contributed by atoms with Gasteiger partial charge in [0.2, 0.25) is 5.91 Å². The highest BCUT2D eigenvalue weighted by molar-refractivity contribution is 7.99. The van der Waals surface area contributed by atoms with Gasteiger partial charge in [-0.3, -0.25) is 9.36 Å². The summed E-state index contributed by atoms with van der Waals surface area (Å²) >= 11 is 1.35. The van der Waals surface area contributed by atoms with Gasteiger partial charge in [-0.05, 0) is 68.1 Å². The summed E-state index contributed by atoms with van der Waals surface area (Å²) in [6.07, 6.45) is 1.78. The third-order valence-corrected chi connectivity index (χ3v) is 5.85. The molecule has 0 bridgehead atoms. The molecule has 3 rings (SSSR count). The average molecular weight is 437 g/mol. The minimum atomic E-state index is -0.0834. The second kappa shape index (κ2) is 10.3. The molecular formula is C24H28N4O2S. The maximum Gasteiger partial charge on any atom is 0.234 e. The van der Waals surface area contributed by atoms with E-state index in [-0.39, 0.29) is 11.7 Å². The Bertz CT molecular complexity index is 1070. The number of carbonyl (C=O) groups excluding carboxylic acids is 1. The number of amides is 1. The summed E-state index contributed by atoms with van der Waals surface area (Å²) < 4.78 is 7.86. The number of benzene rings is 2. The van der Waals surface area contributed by atoms with Crippen molar-refractivity contribution < 1.29 is 9.53 Å². The molecule has 0 aliphatic carbocycles. The molecule has 0 saturated heterocycles. The van der Waals surface area contributed by atoms with Crippen LogP contribution in [0.15, 0.2) is 54.2 Å². The largest absolute Gasteiger partial charge is 0.486 e. The highest BCUT2D eigenvalue weighted by atomic mass is 32.2. The first kappa shape index (κ1) is 22.6. The molecule has 0 unspecified atom stereocenters. The van der Waals surface area contributed by atoms with Gasteiger partial charge in [-0.25, -0.2) is 0 Å². The maximum absolute atomic E-state index is 12.5. The van der Waals surface area contributed by atoms with E-state index in [9.17, 15) is 4.79 Å². The van der Waals surface area contributed by atoms with Crippen molar-refractivity contribution in [3.8, 4) is 5.75 Å².